The van der Waals surface area contributed by atoms with Gasteiger partial charge in [-0.25, -0.2) is 0 Å². The maximum Gasteiger partial charge on any atom is 0.392 e. The first kappa shape index (κ1) is 38.5. The third kappa shape index (κ3) is 8.22. The number of hydrogen-bond acceptors (Lipinski definition) is 6. The molecule has 0 unspecified atom stereocenters. The first-order valence-electron chi connectivity index (χ1n) is 18.7. The predicted octanol–water partition coefficient (Wildman–Crippen LogP) is 9.25. The lowest BCUT2D eigenvalue weighted by atomic mass is 9.85. The van der Waals surface area contributed by atoms with Crippen molar-refractivity contribution >= 4 is 44.8 Å². The van der Waals surface area contributed by atoms with Gasteiger partial charge in [0.15, 0.2) is 0 Å². The van der Waals surface area contributed by atoms with Crippen molar-refractivity contribution in [2.45, 2.75) is 64.0 Å². The number of para-hydroxylation sites is 1. The highest BCUT2D eigenvalue weighted by Gasteiger charge is 2.41. The van der Waals surface area contributed by atoms with Crippen LogP contribution in [0.15, 0.2) is 85.3 Å². The fraction of sp³-hybridized carbons (Fsp3) is 0.286. The second-order valence-corrected chi connectivity index (χ2v) is 14.6. The normalized spacial score (nSPS) is 17.6. The van der Waals surface area contributed by atoms with E-state index >= 15 is 0 Å². The topological polar surface area (TPSA) is 141 Å². The van der Waals surface area contributed by atoms with Crippen LogP contribution in [0.25, 0.3) is 44.2 Å². The second-order valence-electron chi connectivity index (χ2n) is 14.6. The molecule has 4 aromatic heterocycles. The number of nitrogens with one attached hydrogen (secondary N) is 4. The van der Waals surface area contributed by atoms with Gasteiger partial charge in [0.05, 0.1) is 64.2 Å². The molecule has 4 N–H and O–H groups in total. The van der Waals surface area contributed by atoms with Crippen molar-refractivity contribution in [3.63, 3.8) is 0 Å². The van der Waals surface area contributed by atoms with Crippen LogP contribution in [0.5, 0.6) is 0 Å². The summed E-state index contributed by atoms with van der Waals surface area (Å²) in [5, 5.41) is 21.0. The first-order valence-corrected chi connectivity index (χ1v) is 18.7. The van der Waals surface area contributed by atoms with Crippen LogP contribution in [0, 0.1) is 11.8 Å². The summed E-state index contributed by atoms with van der Waals surface area (Å²) in [6.45, 7) is 0.292. The van der Waals surface area contributed by atoms with E-state index in [0.717, 1.165) is 16.7 Å². The van der Waals surface area contributed by atoms with Gasteiger partial charge in [-0.3, -0.25) is 29.8 Å². The molecule has 298 valence electrons. The van der Waals surface area contributed by atoms with Crippen molar-refractivity contribution in [2.75, 3.05) is 0 Å². The van der Waals surface area contributed by atoms with Crippen LogP contribution in [0.4, 0.5) is 26.3 Å². The molecule has 2 aliphatic rings. The summed E-state index contributed by atoms with van der Waals surface area (Å²) in [4.78, 5) is 35.5. The number of carbonyl (C=O) groups is 2. The number of carbonyl (C=O) groups excluding carboxylic acids is 2. The van der Waals surface area contributed by atoms with E-state index in [2.05, 4.69) is 41.0 Å². The van der Waals surface area contributed by atoms with Gasteiger partial charge in [0, 0.05) is 46.1 Å². The predicted molar refractivity (Wildman–Crippen MR) is 205 cm³/mol. The number of hydrogen-bond donors (Lipinski definition) is 4. The molecular weight excluding hydrogens is 763 g/mol. The molecule has 0 bridgehead atoms. The third-order valence-electron chi connectivity index (χ3n) is 10.8. The number of rotatable bonds is 9. The fourth-order valence-corrected chi connectivity index (χ4v) is 7.60. The highest BCUT2D eigenvalue weighted by molar-refractivity contribution is 6.01. The average Bonchev–Trinajstić information content (AvgIpc) is 3.93. The molecule has 6 aromatic rings. The Labute approximate surface area is 327 Å². The summed E-state index contributed by atoms with van der Waals surface area (Å²) in [5.41, 5.74) is 7.06. The Bertz CT molecular complexity index is 2570. The van der Waals surface area contributed by atoms with Crippen molar-refractivity contribution in [3.8, 4) is 11.3 Å². The largest absolute Gasteiger partial charge is 0.392 e. The van der Waals surface area contributed by atoms with Crippen molar-refractivity contribution in [1.29, 1.82) is 0 Å². The van der Waals surface area contributed by atoms with Crippen molar-refractivity contribution in [2.24, 2.45) is 11.8 Å². The number of halogens is 6. The standard InChI is InChI=1S/C42H36F6N8O2/c43-41(44,45)30-8-4-23(5-9-30)34-3-1-2-25-14-28(19-49-37(25)34)39(57)52-22-33-18-36(56-55-33)26-15-27-16-29(40(58)51-21-32-12-13-53-54-32)20-50-38(27)35(17-26)24-6-10-31(11-7-24)42(46,47)48/h1-4,6,12-20,30-31H,5,7-11,21-22H2,(H,51,58)(H,52,57)(H,53,54)(H,55,56)/t30-,31+/m0/s1. The van der Waals surface area contributed by atoms with Gasteiger partial charge in [-0.15, -0.1) is 0 Å². The molecular formula is C42H36F6N8O2. The lowest BCUT2D eigenvalue weighted by molar-refractivity contribution is -0.176. The van der Waals surface area contributed by atoms with Gasteiger partial charge in [-0.2, -0.15) is 36.5 Å². The molecule has 4 heterocycles. The first-order chi connectivity index (χ1) is 27.8. The van der Waals surface area contributed by atoms with E-state index < -0.39 is 30.1 Å². The highest BCUT2D eigenvalue weighted by Crippen LogP contribution is 2.42. The van der Waals surface area contributed by atoms with Gasteiger partial charge in [0.2, 0.25) is 0 Å². The molecule has 0 radical (unpaired) electrons. The lowest BCUT2D eigenvalue weighted by Gasteiger charge is -2.25. The Morgan fingerprint density at radius 1 is 0.690 bits per heavy atom. The van der Waals surface area contributed by atoms with E-state index in [1.807, 2.05) is 18.2 Å². The maximum atomic E-state index is 13.5. The monoisotopic (exact) mass is 798 g/mol. The van der Waals surface area contributed by atoms with E-state index in [9.17, 15) is 35.9 Å². The molecule has 2 amide bonds. The van der Waals surface area contributed by atoms with Crippen molar-refractivity contribution < 1.29 is 35.9 Å². The minimum absolute atomic E-state index is 0.0120. The van der Waals surface area contributed by atoms with Crippen LogP contribution in [-0.2, 0) is 13.1 Å². The summed E-state index contributed by atoms with van der Waals surface area (Å²) >= 11 is 0. The molecule has 0 saturated carbocycles. The number of nitrogens with zero attached hydrogens (tertiary/aromatic N) is 4. The molecule has 0 spiro atoms. The zero-order chi connectivity index (χ0) is 40.6. The van der Waals surface area contributed by atoms with Gasteiger partial charge < -0.3 is 10.6 Å². The highest BCUT2D eigenvalue weighted by atomic mass is 19.4. The molecule has 0 saturated heterocycles. The van der Waals surface area contributed by atoms with E-state index in [4.69, 9.17) is 0 Å². The quantitative estimate of drug-likeness (QED) is 0.108. The number of benzene rings is 2. The number of H-pyrrole nitrogens is 2. The smallest absolute Gasteiger partial charge is 0.346 e. The molecule has 10 nitrogen and oxygen atoms in total. The van der Waals surface area contributed by atoms with Crippen LogP contribution < -0.4 is 10.6 Å². The molecule has 0 aliphatic heterocycles. The van der Waals surface area contributed by atoms with Crippen LogP contribution >= 0.6 is 0 Å². The minimum Gasteiger partial charge on any atom is -0.346 e. The van der Waals surface area contributed by atoms with Crippen molar-refractivity contribution in [1.82, 2.24) is 41.0 Å². The second kappa shape index (κ2) is 15.6. The fourth-order valence-electron chi connectivity index (χ4n) is 7.60. The molecule has 2 aromatic carbocycles. The van der Waals surface area contributed by atoms with Gasteiger partial charge in [0.25, 0.3) is 11.8 Å². The molecule has 58 heavy (non-hydrogen) atoms. The van der Waals surface area contributed by atoms with Gasteiger partial charge >= 0.3 is 12.4 Å². The minimum atomic E-state index is -4.29. The van der Waals surface area contributed by atoms with E-state index in [0.29, 0.717) is 61.1 Å². The number of allylic oxidation sites excluding steroid dienone is 4. The van der Waals surface area contributed by atoms with Gasteiger partial charge in [0.1, 0.15) is 0 Å². The number of fused-ring (bicyclic) bond motifs is 2. The van der Waals surface area contributed by atoms with Crippen LogP contribution in [0.2, 0.25) is 0 Å². The van der Waals surface area contributed by atoms with Crippen LogP contribution in [-0.4, -0.2) is 54.5 Å². The van der Waals surface area contributed by atoms with Gasteiger partial charge in [-0.1, -0.05) is 30.4 Å². The van der Waals surface area contributed by atoms with Crippen LogP contribution in [0.3, 0.4) is 0 Å². The third-order valence-corrected chi connectivity index (χ3v) is 10.8. The zero-order valence-corrected chi connectivity index (χ0v) is 30.8. The Kier molecular flexibility index (Phi) is 10.3. The Morgan fingerprint density at radius 2 is 1.29 bits per heavy atom. The molecule has 8 rings (SSSR count). The summed E-state index contributed by atoms with van der Waals surface area (Å²) in [5.74, 6) is -3.55. The molecule has 0 fully saturated rings. The SMILES string of the molecule is O=C(NCc1ccn[nH]1)c1cnc2c(C3=CC[C@@H](C(F)(F)F)CC3)cc(-c3cc(CNC(=O)c4cnc5c(C6=CC[C@H](C(F)(F)F)CC6)cccc5c4)[nH]n3)cc2c1. The Hall–Kier alpha value is -6.32. The number of aromatic nitrogens is 6. The number of pyridine rings is 2. The summed E-state index contributed by atoms with van der Waals surface area (Å²) in [6, 6.07) is 15.9. The number of alkyl halides is 6. The molecule has 2 aliphatic carbocycles. The van der Waals surface area contributed by atoms with Crippen molar-refractivity contribution in [3.05, 3.63) is 119 Å². The number of amides is 2. The molecule has 2 atom stereocenters. The Balaban J connectivity index is 1.01. The van der Waals surface area contributed by atoms with E-state index in [1.54, 1.807) is 54.7 Å². The van der Waals surface area contributed by atoms with Gasteiger partial charge in [-0.05, 0) is 86.1 Å². The average molecular weight is 799 g/mol. The van der Waals surface area contributed by atoms with E-state index in [-0.39, 0.29) is 57.5 Å². The van der Waals surface area contributed by atoms with Crippen LogP contribution in [0.1, 0.15) is 81.8 Å². The maximum absolute atomic E-state index is 13.5. The molecule has 16 heteroatoms. The van der Waals surface area contributed by atoms with E-state index in [1.165, 1.54) is 12.4 Å². The summed E-state index contributed by atoms with van der Waals surface area (Å²) in [7, 11) is 0. The lowest BCUT2D eigenvalue weighted by Crippen LogP contribution is -2.24. The number of aromatic amines is 2. The Morgan fingerprint density at radius 3 is 1.88 bits per heavy atom. The summed E-state index contributed by atoms with van der Waals surface area (Å²) in [6.07, 6.45) is -0.620. The zero-order valence-electron chi connectivity index (χ0n) is 30.8. The summed E-state index contributed by atoms with van der Waals surface area (Å²) < 4.78 is 80.2.